The number of rotatable bonds is 5. The quantitative estimate of drug-likeness (QED) is 0.677. The third-order valence-corrected chi connectivity index (χ3v) is 5.85. The van der Waals surface area contributed by atoms with Crippen LogP contribution in [-0.4, -0.2) is 41.3 Å². The highest BCUT2D eigenvalue weighted by Gasteiger charge is 2.25. The maximum absolute atomic E-state index is 12.9. The summed E-state index contributed by atoms with van der Waals surface area (Å²) in [6, 6.07) is 21.4. The smallest absolute Gasteiger partial charge is 0.255 e. The topological polar surface area (TPSA) is 62.3 Å². The SMILES string of the molecule is Cc1ncccc1C(=O)N1CCC[C@@H](CNC(=O)c2ccc(-c3ccccc3)cc2)C1. The maximum atomic E-state index is 12.9. The molecule has 5 nitrogen and oxygen atoms in total. The minimum absolute atomic E-state index is 0.0260. The highest BCUT2D eigenvalue weighted by molar-refractivity contribution is 5.95. The molecule has 1 N–H and O–H groups in total. The first-order chi connectivity index (χ1) is 15.1. The molecule has 3 aromatic rings. The van der Waals surface area contributed by atoms with Crippen molar-refractivity contribution in [1.29, 1.82) is 0 Å². The highest BCUT2D eigenvalue weighted by Crippen LogP contribution is 2.21. The molecule has 2 amide bonds. The zero-order chi connectivity index (χ0) is 21.6. The second-order valence-corrected chi connectivity index (χ2v) is 8.05. The van der Waals surface area contributed by atoms with Crippen LogP contribution in [0.1, 0.15) is 39.3 Å². The molecule has 1 fully saturated rings. The number of pyridine rings is 1. The van der Waals surface area contributed by atoms with Crippen LogP contribution < -0.4 is 5.32 Å². The Labute approximate surface area is 183 Å². The number of nitrogens with zero attached hydrogens (tertiary/aromatic N) is 2. The number of hydrogen-bond acceptors (Lipinski definition) is 3. The van der Waals surface area contributed by atoms with E-state index in [2.05, 4.69) is 22.4 Å². The predicted octanol–water partition coefficient (Wildman–Crippen LogP) is 4.34. The van der Waals surface area contributed by atoms with Gasteiger partial charge in [-0.05, 0) is 61.1 Å². The summed E-state index contributed by atoms with van der Waals surface area (Å²) in [6.07, 6.45) is 3.65. The molecule has 5 heteroatoms. The Morgan fingerprint density at radius 1 is 1.00 bits per heavy atom. The summed E-state index contributed by atoms with van der Waals surface area (Å²) in [7, 11) is 0. The maximum Gasteiger partial charge on any atom is 0.255 e. The summed E-state index contributed by atoms with van der Waals surface area (Å²) in [5, 5.41) is 3.05. The standard InChI is InChI=1S/C26H27N3O2/c1-19-24(10-5-15-27-19)26(31)29-16-6-7-20(18-29)17-28-25(30)23-13-11-22(12-14-23)21-8-3-2-4-9-21/h2-5,8-15,20H,6-7,16-18H2,1H3,(H,28,30)/t20-/m0/s1. The van der Waals surface area contributed by atoms with Crippen LogP contribution in [0.5, 0.6) is 0 Å². The Bertz CT molecular complexity index is 1050. The lowest BCUT2D eigenvalue weighted by Gasteiger charge is -2.33. The Kier molecular flexibility index (Phi) is 6.41. The third kappa shape index (κ3) is 5.00. The van der Waals surface area contributed by atoms with Crippen LogP contribution in [0.15, 0.2) is 72.9 Å². The Hall–Kier alpha value is -3.47. The number of likely N-dealkylation sites (tertiary alicyclic amines) is 1. The average molecular weight is 414 g/mol. The van der Waals surface area contributed by atoms with Crippen molar-refractivity contribution in [2.45, 2.75) is 19.8 Å². The second kappa shape index (κ2) is 9.56. The van der Waals surface area contributed by atoms with Gasteiger partial charge in [0.1, 0.15) is 0 Å². The van der Waals surface area contributed by atoms with Gasteiger partial charge in [-0.2, -0.15) is 0 Å². The highest BCUT2D eigenvalue weighted by atomic mass is 16.2. The van der Waals surface area contributed by atoms with Crippen molar-refractivity contribution < 1.29 is 9.59 Å². The number of amides is 2. The number of carbonyl (C=O) groups excluding carboxylic acids is 2. The normalized spacial score (nSPS) is 16.0. The largest absolute Gasteiger partial charge is 0.352 e. The zero-order valence-corrected chi connectivity index (χ0v) is 17.8. The molecule has 2 heterocycles. The zero-order valence-electron chi connectivity index (χ0n) is 17.8. The van der Waals surface area contributed by atoms with Gasteiger partial charge >= 0.3 is 0 Å². The summed E-state index contributed by atoms with van der Waals surface area (Å²) in [5.41, 5.74) is 4.27. The van der Waals surface area contributed by atoms with Gasteiger partial charge in [-0.3, -0.25) is 14.6 Å². The van der Waals surface area contributed by atoms with Crippen molar-refractivity contribution in [1.82, 2.24) is 15.2 Å². The molecular weight excluding hydrogens is 386 g/mol. The molecule has 158 valence electrons. The fourth-order valence-electron chi connectivity index (χ4n) is 4.08. The fraction of sp³-hybridized carbons (Fsp3) is 0.269. The molecule has 0 aliphatic carbocycles. The van der Waals surface area contributed by atoms with E-state index in [0.717, 1.165) is 36.2 Å². The summed E-state index contributed by atoms with van der Waals surface area (Å²) < 4.78 is 0. The number of nitrogens with one attached hydrogen (secondary N) is 1. The van der Waals surface area contributed by atoms with Crippen molar-refractivity contribution in [3.8, 4) is 11.1 Å². The number of benzene rings is 2. The van der Waals surface area contributed by atoms with E-state index in [1.54, 1.807) is 12.3 Å². The molecule has 1 aliphatic heterocycles. The number of hydrogen-bond donors (Lipinski definition) is 1. The first-order valence-electron chi connectivity index (χ1n) is 10.8. The fourth-order valence-corrected chi connectivity index (χ4v) is 4.08. The van der Waals surface area contributed by atoms with Crippen LogP contribution in [0.3, 0.4) is 0 Å². The second-order valence-electron chi connectivity index (χ2n) is 8.05. The summed E-state index contributed by atoms with van der Waals surface area (Å²) >= 11 is 0. The van der Waals surface area contributed by atoms with Crippen molar-refractivity contribution in [2.75, 3.05) is 19.6 Å². The molecule has 2 aromatic carbocycles. The molecular formula is C26H27N3O2. The van der Waals surface area contributed by atoms with E-state index in [1.807, 2.05) is 60.4 Å². The molecule has 4 rings (SSSR count). The minimum Gasteiger partial charge on any atom is -0.352 e. The van der Waals surface area contributed by atoms with E-state index in [1.165, 1.54) is 0 Å². The van der Waals surface area contributed by atoms with Gasteiger partial charge in [0.25, 0.3) is 11.8 Å². The molecule has 1 aliphatic rings. The molecule has 0 unspecified atom stereocenters. The van der Waals surface area contributed by atoms with Crippen molar-refractivity contribution in [3.05, 3.63) is 89.7 Å². The summed E-state index contributed by atoms with van der Waals surface area (Å²) in [5.74, 6) is 0.200. The monoisotopic (exact) mass is 413 g/mol. The van der Waals surface area contributed by atoms with E-state index in [0.29, 0.717) is 24.2 Å². The van der Waals surface area contributed by atoms with Gasteiger partial charge < -0.3 is 10.2 Å². The third-order valence-electron chi connectivity index (χ3n) is 5.85. The van der Waals surface area contributed by atoms with Gasteiger partial charge in [0, 0.05) is 37.1 Å². The molecule has 1 saturated heterocycles. The van der Waals surface area contributed by atoms with E-state index >= 15 is 0 Å². The molecule has 0 saturated carbocycles. The number of piperidine rings is 1. The average Bonchev–Trinajstić information content (AvgIpc) is 2.83. The molecule has 0 bridgehead atoms. The van der Waals surface area contributed by atoms with Crippen LogP contribution in [0.4, 0.5) is 0 Å². The van der Waals surface area contributed by atoms with Crippen molar-refractivity contribution in [2.24, 2.45) is 5.92 Å². The van der Waals surface area contributed by atoms with Crippen LogP contribution >= 0.6 is 0 Å². The van der Waals surface area contributed by atoms with Gasteiger partial charge in [0.2, 0.25) is 0 Å². The lowest BCUT2D eigenvalue weighted by atomic mass is 9.97. The lowest BCUT2D eigenvalue weighted by molar-refractivity contribution is 0.0669. The van der Waals surface area contributed by atoms with Crippen LogP contribution in [0.25, 0.3) is 11.1 Å². The summed E-state index contributed by atoms with van der Waals surface area (Å²) in [4.78, 5) is 31.6. The van der Waals surface area contributed by atoms with E-state index in [-0.39, 0.29) is 17.7 Å². The molecule has 0 spiro atoms. The van der Waals surface area contributed by atoms with E-state index in [9.17, 15) is 9.59 Å². The first kappa shape index (κ1) is 20.8. The van der Waals surface area contributed by atoms with Gasteiger partial charge in [-0.25, -0.2) is 0 Å². The summed E-state index contributed by atoms with van der Waals surface area (Å²) in [6.45, 7) is 3.83. The number of carbonyl (C=O) groups is 2. The van der Waals surface area contributed by atoms with E-state index in [4.69, 9.17) is 0 Å². The molecule has 1 aromatic heterocycles. The minimum atomic E-state index is -0.0776. The van der Waals surface area contributed by atoms with Gasteiger partial charge in [0.05, 0.1) is 5.56 Å². The van der Waals surface area contributed by atoms with Gasteiger partial charge in [-0.15, -0.1) is 0 Å². The lowest BCUT2D eigenvalue weighted by Crippen LogP contribution is -2.44. The molecule has 1 atom stereocenters. The van der Waals surface area contributed by atoms with Crippen LogP contribution in [0.2, 0.25) is 0 Å². The van der Waals surface area contributed by atoms with Gasteiger partial charge in [-0.1, -0.05) is 42.5 Å². The Morgan fingerprint density at radius 2 is 1.74 bits per heavy atom. The number of aromatic nitrogens is 1. The Morgan fingerprint density at radius 3 is 2.48 bits per heavy atom. The van der Waals surface area contributed by atoms with Gasteiger partial charge in [0.15, 0.2) is 0 Å². The predicted molar refractivity (Wildman–Crippen MR) is 122 cm³/mol. The molecule has 31 heavy (non-hydrogen) atoms. The van der Waals surface area contributed by atoms with Crippen molar-refractivity contribution >= 4 is 11.8 Å². The van der Waals surface area contributed by atoms with Crippen LogP contribution in [-0.2, 0) is 0 Å². The van der Waals surface area contributed by atoms with E-state index < -0.39 is 0 Å². The first-order valence-corrected chi connectivity index (χ1v) is 10.8. The van der Waals surface area contributed by atoms with Crippen molar-refractivity contribution in [3.63, 3.8) is 0 Å². The molecule has 0 radical (unpaired) electrons. The number of aryl methyl sites for hydroxylation is 1. The van der Waals surface area contributed by atoms with Crippen LogP contribution in [0, 0.1) is 12.8 Å². The Balaban J connectivity index is 1.33.